The summed E-state index contributed by atoms with van der Waals surface area (Å²) in [4.78, 5) is 19.6. The molecule has 0 amide bonds. The molecule has 1 aromatic carbocycles. The molecule has 0 bridgehead atoms. The Balaban J connectivity index is 2.70. The van der Waals surface area contributed by atoms with Crippen LogP contribution in [0.2, 0.25) is 0 Å². The third kappa shape index (κ3) is 1.11. The predicted molar refractivity (Wildman–Crippen MR) is 56.8 cm³/mol. The molecule has 0 aliphatic rings. The minimum atomic E-state index is -0.232. The molecule has 4 heteroatoms. The van der Waals surface area contributed by atoms with Crippen LogP contribution in [0.1, 0.15) is 0 Å². The van der Waals surface area contributed by atoms with Crippen LogP contribution in [0.4, 0.5) is 0 Å². The van der Waals surface area contributed by atoms with Gasteiger partial charge < -0.3 is 0 Å². The van der Waals surface area contributed by atoms with E-state index in [-0.39, 0.29) is 5.56 Å². The molecule has 0 fully saturated rings. The highest BCUT2D eigenvalue weighted by Gasteiger charge is 2.03. The zero-order valence-corrected chi connectivity index (χ0v) is 7.79. The van der Waals surface area contributed by atoms with E-state index in [0.29, 0.717) is 11.2 Å². The topological polar surface area (TPSA) is 47.3 Å². The zero-order valence-electron chi connectivity index (χ0n) is 7.79. The molecule has 0 radical (unpaired) electrons. The highest BCUT2D eigenvalue weighted by Crippen LogP contribution is 2.09. The molecule has 3 rings (SSSR count). The molecule has 0 saturated carbocycles. The lowest BCUT2D eigenvalue weighted by atomic mass is 10.2. The van der Waals surface area contributed by atoms with Gasteiger partial charge in [-0.2, -0.15) is 4.98 Å². The maximum atomic E-state index is 11.6. The SMILES string of the molecule is O=c1nc2ncccn2c2ccccc12. The van der Waals surface area contributed by atoms with Crippen molar-refractivity contribution >= 4 is 16.7 Å². The van der Waals surface area contributed by atoms with Gasteiger partial charge in [-0.3, -0.25) is 9.20 Å². The van der Waals surface area contributed by atoms with E-state index in [1.54, 1.807) is 16.7 Å². The summed E-state index contributed by atoms with van der Waals surface area (Å²) in [5.41, 5.74) is 0.602. The molecule has 0 N–H and O–H groups in total. The average Bonchev–Trinajstić information content (AvgIpc) is 2.30. The van der Waals surface area contributed by atoms with Crippen LogP contribution in [-0.4, -0.2) is 14.4 Å². The molecule has 72 valence electrons. The van der Waals surface area contributed by atoms with Gasteiger partial charge in [-0.25, -0.2) is 4.98 Å². The van der Waals surface area contributed by atoms with Crippen LogP contribution in [0.5, 0.6) is 0 Å². The Morgan fingerprint density at radius 3 is 2.93 bits per heavy atom. The van der Waals surface area contributed by atoms with Crippen molar-refractivity contribution in [1.82, 2.24) is 14.4 Å². The van der Waals surface area contributed by atoms with Crippen molar-refractivity contribution in [3.63, 3.8) is 0 Å². The quantitative estimate of drug-likeness (QED) is 0.509. The van der Waals surface area contributed by atoms with E-state index < -0.39 is 0 Å². The molecule has 0 unspecified atom stereocenters. The summed E-state index contributed by atoms with van der Waals surface area (Å²) in [6.07, 6.45) is 3.47. The fraction of sp³-hybridized carbons (Fsp3) is 0. The Kier molecular flexibility index (Phi) is 1.56. The minimum absolute atomic E-state index is 0.232. The highest BCUT2D eigenvalue weighted by molar-refractivity contribution is 5.79. The van der Waals surface area contributed by atoms with Crippen molar-refractivity contribution in [1.29, 1.82) is 0 Å². The first kappa shape index (κ1) is 8.11. The van der Waals surface area contributed by atoms with Crippen LogP contribution < -0.4 is 5.56 Å². The van der Waals surface area contributed by atoms with E-state index in [1.807, 2.05) is 30.5 Å². The lowest BCUT2D eigenvalue weighted by molar-refractivity contribution is 1.06. The molecule has 0 aliphatic carbocycles. The van der Waals surface area contributed by atoms with Crippen LogP contribution in [-0.2, 0) is 0 Å². The predicted octanol–water partition coefficient (Wildman–Crippen LogP) is 1.24. The number of fused-ring (bicyclic) bond motifs is 3. The lowest BCUT2D eigenvalue weighted by Crippen LogP contribution is -2.11. The maximum Gasteiger partial charge on any atom is 0.282 e. The van der Waals surface area contributed by atoms with Crippen molar-refractivity contribution in [3.8, 4) is 0 Å². The van der Waals surface area contributed by atoms with Gasteiger partial charge in [-0.05, 0) is 18.2 Å². The van der Waals surface area contributed by atoms with Crippen LogP contribution in [0, 0.1) is 0 Å². The van der Waals surface area contributed by atoms with Gasteiger partial charge in [0.25, 0.3) is 5.56 Å². The van der Waals surface area contributed by atoms with Gasteiger partial charge in [-0.1, -0.05) is 12.1 Å². The molecule has 2 heterocycles. The molecule has 4 nitrogen and oxygen atoms in total. The summed E-state index contributed by atoms with van der Waals surface area (Å²) in [6.45, 7) is 0. The number of hydrogen-bond donors (Lipinski definition) is 0. The minimum Gasteiger partial charge on any atom is -0.285 e. The Bertz CT molecular complexity index is 703. The van der Waals surface area contributed by atoms with Crippen LogP contribution in [0.15, 0.2) is 47.5 Å². The van der Waals surface area contributed by atoms with Gasteiger partial charge in [-0.15, -0.1) is 0 Å². The number of nitrogens with zero attached hydrogens (tertiary/aromatic N) is 3. The Morgan fingerprint density at radius 1 is 1.13 bits per heavy atom. The van der Waals surface area contributed by atoms with Gasteiger partial charge in [0.2, 0.25) is 5.78 Å². The molecule has 0 atom stereocenters. The maximum absolute atomic E-state index is 11.6. The monoisotopic (exact) mass is 197 g/mol. The Labute approximate surface area is 84.8 Å². The number of aromatic nitrogens is 3. The molecule has 2 aromatic heterocycles. The summed E-state index contributed by atoms with van der Waals surface area (Å²) in [6, 6.07) is 9.18. The largest absolute Gasteiger partial charge is 0.285 e. The second-order valence-corrected chi connectivity index (χ2v) is 3.22. The fourth-order valence-corrected chi connectivity index (χ4v) is 1.65. The summed E-state index contributed by atoms with van der Waals surface area (Å²) in [5.74, 6) is 0.432. The van der Waals surface area contributed by atoms with Gasteiger partial charge >= 0.3 is 0 Å². The molecule has 15 heavy (non-hydrogen) atoms. The second-order valence-electron chi connectivity index (χ2n) is 3.22. The lowest BCUT2D eigenvalue weighted by Gasteiger charge is -2.02. The normalized spacial score (nSPS) is 10.9. The standard InChI is InChI=1S/C11H7N3O/c15-10-8-4-1-2-5-9(8)14-7-3-6-12-11(14)13-10/h1-7H. The van der Waals surface area contributed by atoms with E-state index in [4.69, 9.17) is 0 Å². The highest BCUT2D eigenvalue weighted by atomic mass is 16.1. The Hall–Kier alpha value is -2.23. The van der Waals surface area contributed by atoms with E-state index in [1.165, 1.54) is 0 Å². The third-order valence-corrected chi connectivity index (χ3v) is 2.32. The summed E-state index contributed by atoms with van der Waals surface area (Å²) < 4.78 is 1.80. The van der Waals surface area contributed by atoms with E-state index in [9.17, 15) is 4.79 Å². The first-order chi connectivity index (χ1) is 7.36. The first-order valence-corrected chi connectivity index (χ1v) is 4.58. The van der Waals surface area contributed by atoms with E-state index in [2.05, 4.69) is 9.97 Å². The molecule has 0 saturated heterocycles. The van der Waals surface area contributed by atoms with E-state index >= 15 is 0 Å². The van der Waals surface area contributed by atoms with Crippen molar-refractivity contribution in [3.05, 3.63) is 53.1 Å². The average molecular weight is 197 g/mol. The van der Waals surface area contributed by atoms with Crippen molar-refractivity contribution in [2.75, 3.05) is 0 Å². The van der Waals surface area contributed by atoms with Crippen LogP contribution in [0.3, 0.4) is 0 Å². The zero-order chi connectivity index (χ0) is 10.3. The summed E-state index contributed by atoms with van der Waals surface area (Å²) in [5, 5.41) is 0.614. The van der Waals surface area contributed by atoms with Gasteiger partial charge in [0.05, 0.1) is 10.9 Å². The first-order valence-electron chi connectivity index (χ1n) is 4.58. The van der Waals surface area contributed by atoms with Gasteiger partial charge in [0.1, 0.15) is 0 Å². The number of benzene rings is 1. The molecular weight excluding hydrogens is 190 g/mol. The summed E-state index contributed by atoms with van der Waals surface area (Å²) in [7, 11) is 0. The van der Waals surface area contributed by atoms with E-state index in [0.717, 1.165) is 5.52 Å². The molecule has 0 spiro atoms. The summed E-state index contributed by atoms with van der Waals surface area (Å²) >= 11 is 0. The molecular formula is C11H7N3O. The van der Waals surface area contributed by atoms with Crippen LogP contribution in [0.25, 0.3) is 16.7 Å². The second kappa shape index (κ2) is 2.88. The molecule has 0 aliphatic heterocycles. The van der Waals surface area contributed by atoms with Crippen molar-refractivity contribution in [2.45, 2.75) is 0 Å². The van der Waals surface area contributed by atoms with Crippen molar-refractivity contribution < 1.29 is 0 Å². The molecule has 3 aromatic rings. The fourth-order valence-electron chi connectivity index (χ4n) is 1.65. The van der Waals surface area contributed by atoms with Gasteiger partial charge in [0.15, 0.2) is 0 Å². The number of para-hydroxylation sites is 1. The number of rotatable bonds is 0. The number of hydrogen-bond acceptors (Lipinski definition) is 3. The smallest absolute Gasteiger partial charge is 0.282 e. The Morgan fingerprint density at radius 2 is 2.00 bits per heavy atom. The van der Waals surface area contributed by atoms with Crippen LogP contribution >= 0.6 is 0 Å². The third-order valence-electron chi connectivity index (χ3n) is 2.32. The van der Waals surface area contributed by atoms with Crippen molar-refractivity contribution in [2.24, 2.45) is 0 Å². The van der Waals surface area contributed by atoms with Gasteiger partial charge in [0, 0.05) is 12.4 Å².